The molecule has 2 nitrogen and oxygen atoms in total. The molecule has 16 heavy (non-hydrogen) atoms. The second-order valence-corrected chi connectivity index (χ2v) is 4.12. The first kappa shape index (κ1) is 11.0. The lowest BCUT2D eigenvalue weighted by Gasteiger charge is -2.18. The van der Waals surface area contributed by atoms with Crippen LogP contribution in [0.4, 0.5) is 11.4 Å². The van der Waals surface area contributed by atoms with Crippen LogP contribution < -0.4 is 10.9 Å². The van der Waals surface area contributed by atoms with Crippen LogP contribution in [-0.2, 0) is 0 Å². The largest absolute Gasteiger partial charge is 0.280 e. The topological polar surface area (TPSA) is 29.3 Å². The first-order valence-corrected chi connectivity index (χ1v) is 5.42. The van der Waals surface area contributed by atoms with E-state index in [0.29, 0.717) is 5.02 Å². The zero-order chi connectivity index (χ0) is 11.5. The summed E-state index contributed by atoms with van der Waals surface area (Å²) in [5, 5.41) is 2.34. The number of hydrazine groups is 1. The average Bonchev–Trinajstić information content (AvgIpc) is 2.30. The van der Waals surface area contributed by atoms with Crippen LogP contribution in [0, 0.1) is 6.92 Å². The SMILES string of the molecule is Cc1ccc(N(N)c2ccc(Cl)cc2)cc1. The number of anilines is 2. The van der Waals surface area contributed by atoms with Gasteiger partial charge in [-0.2, -0.15) is 0 Å². The molecule has 0 spiro atoms. The number of halogens is 1. The number of nitrogens with two attached hydrogens (primary N) is 1. The van der Waals surface area contributed by atoms with Crippen LogP contribution in [0.15, 0.2) is 48.5 Å². The summed E-state index contributed by atoms with van der Waals surface area (Å²) in [6.45, 7) is 2.05. The van der Waals surface area contributed by atoms with Gasteiger partial charge in [-0.3, -0.25) is 5.01 Å². The normalized spacial score (nSPS) is 10.2. The molecule has 0 aromatic heterocycles. The predicted octanol–water partition coefficient (Wildman–Crippen LogP) is 3.66. The second-order valence-electron chi connectivity index (χ2n) is 3.68. The molecule has 3 heteroatoms. The Morgan fingerprint density at radius 2 is 1.31 bits per heavy atom. The highest BCUT2D eigenvalue weighted by Crippen LogP contribution is 2.23. The van der Waals surface area contributed by atoms with E-state index in [0.717, 1.165) is 11.4 Å². The molecule has 0 fully saturated rings. The fraction of sp³-hybridized carbons (Fsp3) is 0.0769. The van der Waals surface area contributed by atoms with E-state index in [1.165, 1.54) is 5.56 Å². The van der Waals surface area contributed by atoms with E-state index in [9.17, 15) is 0 Å². The molecule has 2 aromatic carbocycles. The van der Waals surface area contributed by atoms with Crippen LogP contribution in [0.1, 0.15) is 5.56 Å². The van der Waals surface area contributed by atoms with Gasteiger partial charge in [-0.1, -0.05) is 29.3 Å². The Kier molecular flexibility index (Phi) is 3.13. The van der Waals surface area contributed by atoms with Gasteiger partial charge in [0.25, 0.3) is 0 Å². The van der Waals surface area contributed by atoms with Gasteiger partial charge in [-0.25, -0.2) is 5.84 Å². The molecule has 82 valence electrons. The van der Waals surface area contributed by atoms with Crippen molar-refractivity contribution in [1.29, 1.82) is 0 Å². The van der Waals surface area contributed by atoms with Gasteiger partial charge in [0, 0.05) is 5.02 Å². The van der Waals surface area contributed by atoms with E-state index >= 15 is 0 Å². The Hall–Kier alpha value is -1.51. The molecule has 0 bridgehead atoms. The smallest absolute Gasteiger partial charge is 0.0576 e. The van der Waals surface area contributed by atoms with E-state index in [-0.39, 0.29) is 0 Å². The van der Waals surface area contributed by atoms with Gasteiger partial charge < -0.3 is 0 Å². The minimum absolute atomic E-state index is 0.709. The Balaban J connectivity index is 2.28. The summed E-state index contributed by atoms with van der Waals surface area (Å²) in [5.41, 5.74) is 3.08. The Bertz CT molecular complexity index is 417. The van der Waals surface area contributed by atoms with Crippen molar-refractivity contribution in [3.05, 3.63) is 59.1 Å². The Morgan fingerprint density at radius 1 is 0.875 bits per heavy atom. The third kappa shape index (κ3) is 2.35. The van der Waals surface area contributed by atoms with Gasteiger partial charge in [0.15, 0.2) is 0 Å². The fourth-order valence-electron chi connectivity index (χ4n) is 1.46. The van der Waals surface area contributed by atoms with Crippen molar-refractivity contribution in [2.75, 3.05) is 5.01 Å². The maximum atomic E-state index is 6.01. The predicted molar refractivity (Wildman–Crippen MR) is 69.0 cm³/mol. The monoisotopic (exact) mass is 232 g/mol. The van der Waals surface area contributed by atoms with E-state index in [4.69, 9.17) is 17.4 Å². The van der Waals surface area contributed by atoms with Gasteiger partial charge in [0.05, 0.1) is 11.4 Å². The van der Waals surface area contributed by atoms with Gasteiger partial charge in [0.1, 0.15) is 0 Å². The maximum absolute atomic E-state index is 6.01. The highest BCUT2D eigenvalue weighted by molar-refractivity contribution is 6.30. The lowest BCUT2D eigenvalue weighted by Crippen LogP contribution is -2.24. The zero-order valence-electron chi connectivity index (χ0n) is 9.02. The van der Waals surface area contributed by atoms with Crippen LogP contribution in [0.2, 0.25) is 5.02 Å². The summed E-state index contributed by atoms with van der Waals surface area (Å²) in [5.74, 6) is 6.01. The minimum atomic E-state index is 0.709. The summed E-state index contributed by atoms with van der Waals surface area (Å²) in [4.78, 5) is 0. The molecule has 0 radical (unpaired) electrons. The lowest BCUT2D eigenvalue weighted by molar-refractivity contribution is 1.09. The third-order valence-corrected chi connectivity index (χ3v) is 2.67. The first-order valence-electron chi connectivity index (χ1n) is 5.04. The van der Waals surface area contributed by atoms with Crippen LogP contribution in [0.5, 0.6) is 0 Å². The quantitative estimate of drug-likeness (QED) is 0.633. The summed E-state index contributed by atoms with van der Waals surface area (Å²) in [7, 11) is 0. The number of aryl methyl sites for hydroxylation is 1. The molecule has 0 saturated carbocycles. The van der Waals surface area contributed by atoms with Crippen molar-refractivity contribution >= 4 is 23.0 Å². The van der Waals surface area contributed by atoms with E-state index in [1.807, 2.05) is 55.5 Å². The number of benzene rings is 2. The average molecular weight is 233 g/mol. The third-order valence-electron chi connectivity index (χ3n) is 2.42. The maximum Gasteiger partial charge on any atom is 0.0576 e. The molecule has 2 N–H and O–H groups in total. The molecule has 0 atom stereocenters. The van der Waals surface area contributed by atoms with E-state index < -0.39 is 0 Å². The molecular formula is C13H13ClN2. The Labute approximate surface area is 100 Å². The van der Waals surface area contributed by atoms with Crippen molar-refractivity contribution in [1.82, 2.24) is 0 Å². The molecule has 0 aliphatic carbocycles. The van der Waals surface area contributed by atoms with Crippen molar-refractivity contribution in [3.63, 3.8) is 0 Å². The van der Waals surface area contributed by atoms with E-state index in [2.05, 4.69) is 0 Å². The summed E-state index contributed by atoms with van der Waals surface area (Å²) < 4.78 is 0. The van der Waals surface area contributed by atoms with Crippen LogP contribution in [0.3, 0.4) is 0 Å². The molecule has 0 aliphatic heterocycles. The van der Waals surface area contributed by atoms with Crippen molar-refractivity contribution in [2.45, 2.75) is 6.92 Å². The molecule has 2 aromatic rings. The molecule has 0 heterocycles. The summed E-state index contributed by atoms with van der Waals surface area (Å²) in [6, 6.07) is 15.5. The highest BCUT2D eigenvalue weighted by Gasteiger charge is 2.03. The number of hydrogen-bond donors (Lipinski definition) is 1. The number of hydrogen-bond acceptors (Lipinski definition) is 2. The van der Waals surface area contributed by atoms with Crippen LogP contribution in [-0.4, -0.2) is 0 Å². The second kappa shape index (κ2) is 4.56. The first-order chi connectivity index (χ1) is 7.66. The van der Waals surface area contributed by atoms with Crippen LogP contribution >= 0.6 is 11.6 Å². The van der Waals surface area contributed by atoms with Gasteiger partial charge >= 0.3 is 0 Å². The fourth-order valence-corrected chi connectivity index (χ4v) is 1.58. The van der Waals surface area contributed by atoms with Crippen molar-refractivity contribution < 1.29 is 0 Å². The van der Waals surface area contributed by atoms with Gasteiger partial charge in [-0.05, 0) is 43.3 Å². The zero-order valence-corrected chi connectivity index (χ0v) is 9.78. The lowest BCUT2D eigenvalue weighted by atomic mass is 10.2. The molecule has 0 saturated heterocycles. The number of nitrogens with zero attached hydrogens (tertiary/aromatic N) is 1. The van der Waals surface area contributed by atoms with Gasteiger partial charge in [-0.15, -0.1) is 0 Å². The minimum Gasteiger partial charge on any atom is -0.280 e. The molecular weight excluding hydrogens is 220 g/mol. The van der Waals surface area contributed by atoms with Crippen molar-refractivity contribution in [2.24, 2.45) is 5.84 Å². The molecule has 0 unspecified atom stereocenters. The molecule has 2 rings (SSSR count). The molecule has 0 aliphatic rings. The van der Waals surface area contributed by atoms with Crippen molar-refractivity contribution in [3.8, 4) is 0 Å². The Morgan fingerprint density at radius 3 is 1.81 bits per heavy atom. The summed E-state index contributed by atoms with van der Waals surface area (Å²) in [6.07, 6.45) is 0. The number of rotatable bonds is 2. The van der Waals surface area contributed by atoms with E-state index in [1.54, 1.807) is 5.01 Å². The standard InChI is InChI=1S/C13H13ClN2/c1-10-2-6-12(7-3-10)16(15)13-8-4-11(14)5-9-13/h2-9H,15H2,1H3. The van der Waals surface area contributed by atoms with Gasteiger partial charge in [0.2, 0.25) is 0 Å². The highest BCUT2D eigenvalue weighted by atomic mass is 35.5. The molecule has 0 amide bonds. The summed E-state index contributed by atoms with van der Waals surface area (Å²) >= 11 is 5.82. The van der Waals surface area contributed by atoms with Crippen LogP contribution in [0.25, 0.3) is 0 Å².